The summed E-state index contributed by atoms with van der Waals surface area (Å²) in [6.07, 6.45) is 0. The molecule has 1 aromatic carbocycles. The molecule has 96 valence electrons. The predicted octanol–water partition coefficient (Wildman–Crippen LogP) is 3.31. The third-order valence-corrected chi connectivity index (χ3v) is 3.49. The molecule has 0 aliphatic carbocycles. The van der Waals surface area contributed by atoms with E-state index in [-0.39, 0.29) is 0 Å². The zero-order valence-electron chi connectivity index (χ0n) is 10.7. The minimum absolute atomic E-state index is 0.402. The average Bonchev–Trinajstić information content (AvgIpc) is 2.78. The van der Waals surface area contributed by atoms with Crippen LogP contribution < -0.4 is 5.32 Å². The lowest BCUT2D eigenvalue weighted by atomic mass is 10.1. The average molecular weight is 310 g/mol. The Morgan fingerprint density at radius 3 is 2.89 bits per heavy atom. The Bertz CT molecular complexity index is 537. The molecule has 0 spiro atoms. The fourth-order valence-corrected chi connectivity index (χ4v) is 1.94. The van der Waals surface area contributed by atoms with E-state index in [1.165, 1.54) is 0 Å². The highest BCUT2D eigenvalue weighted by atomic mass is 79.9. The zero-order valence-corrected chi connectivity index (χ0v) is 12.3. The maximum Gasteiger partial charge on any atom is 0.258 e. The molecule has 0 amide bonds. The van der Waals surface area contributed by atoms with Crippen molar-refractivity contribution >= 4 is 15.9 Å². The summed E-state index contributed by atoms with van der Waals surface area (Å²) < 4.78 is 6.34. The molecular formula is C13H16BrN3O. The Kier molecular flexibility index (Phi) is 4.14. The molecule has 0 unspecified atom stereocenters. The van der Waals surface area contributed by atoms with Crippen LogP contribution >= 0.6 is 15.9 Å². The van der Waals surface area contributed by atoms with Crippen molar-refractivity contribution in [2.45, 2.75) is 33.4 Å². The molecule has 2 aromatic rings. The van der Waals surface area contributed by atoms with Crippen molar-refractivity contribution in [2.75, 3.05) is 0 Å². The molecule has 4 nitrogen and oxygen atoms in total. The topological polar surface area (TPSA) is 51.0 Å². The second-order valence-electron chi connectivity index (χ2n) is 4.46. The fourth-order valence-electron chi connectivity index (χ4n) is 1.57. The Morgan fingerprint density at radius 2 is 2.17 bits per heavy atom. The Hall–Kier alpha value is -1.20. The fraction of sp³-hybridized carbons (Fsp3) is 0.385. The van der Waals surface area contributed by atoms with Gasteiger partial charge in [0, 0.05) is 16.1 Å². The van der Waals surface area contributed by atoms with Gasteiger partial charge in [-0.3, -0.25) is 0 Å². The summed E-state index contributed by atoms with van der Waals surface area (Å²) >= 11 is 3.50. The third kappa shape index (κ3) is 2.97. The molecule has 1 aromatic heterocycles. The van der Waals surface area contributed by atoms with E-state index in [2.05, 4.69) is 45.2 Å². The summed E-state index contributed by atoms with van der Waals surface area (Å²) in [6.45, 7) is 6.81. The molecule has 0 radical (unpaired) electrons. The first-order chi connectivity index (χ1) is 8.58. The number of nitrogens with one attached hydrogen (secondary N) is 1. The minimum Gasteiger partial charge on any atom is -0.334 e. The number of hydrogen-bond donors (Lipinski definition) is 1. The van der Waals surface area contributed by atoms with Gasteiger partial charge < -0.3 is 9.84 Å². The zero-order chi connectivity index (χ0) is 13.1. The summed E-state index contributed by atoms with van der Waals surface area (Å²) in [4.78, 5) is 4.39. The Labute approximate surface area is 115 Å². The maximum atomic E-state index is 5.30. The lowest BCUT2D eigenvalue weighted by Gasteiger charge is -2.03. The van der Waals surface area contributed by atoms with Crippen molar-refractivity contribution in [3.63, 3.8) is 0 Å². The molecule has 0 atom stereocenters. The van der Waals surface area contributed by atoms with Crippen LogP contribution in [0, 0.1) is 6.92 Å². The van der Waals surface area contributed by atoms with Gasteiger partial charge >= 0.3 is 0 Å². The van der Waals surface area contributed by atoms with E-state index in [1.807, 2.05) is 25.1 Å². The maximum absolute atomic E-state index is 5.30. The molecule has 0 bridgehead atoms. The lowest BCUT2D eigenvalue weighted by Crippen LogP contribution is -2.22. The summed E-state index contributed by atoms with van der Waals surface area (Å²) in [5.74, 6) is 1.24. The smallest absolute Gasteiger partial charge is 0.258 e. The molecule has 0 fully saturated rings. The molecular weight excluding hydrogens is 294 g/mol. The highest BCUT2D eigenvalue weighted by Crippen LogP contribution is 2.27. The van der Waals surface area contributed by atoms with Crippen LogP contribution in [-0.4, -0.2) is 16.2 Å². The summed E-state index contributed by atoms with van der Waals surface area (Å²) in [6, 6.07) is 6.34. The summed E-state index contributed by atoms with van der Waals surface area (Å²) in [5.41, 5.74) is 2.07. The van der Waals surface area contributed by atoms with Gasteiger partial charge in [0.25, 0.3) is 5.89 Å². The quantitative estimate of drug-likeness (QED) is 0.941. The van der Waals surface area contributed by atoms with E-state index in [9.17, 15) is 0 Å². The van der Waals surface area contributed by atoms with Gasteiger partial charge in [0.15, 0.2) is 5.82 Å². The van der Waals surface area contributed by atoms with Crippen molar-refractivity contribution < 1.29 is 4.52 Å². The summed E-state index contributed by atoms with van der Waals surface area (Å²) in [7, 11) is 0. The van der Waals surface area contributed by atoms with Crippen LogP contribution in [0.25, 0.3) is 11.5 Å². The van der Waals surface area contributed by atoms with Crippen LogP contribution in [-0.2, 0) is 6.54 Å². The van der Waals surface area contributed by atoms with Gasteiger partial charge in [0.1, 0.15) is 0 Å². The molecule has 5 heteroatoms. The molecule has 0 saturated carbocycles. The highest BCUT2D eigenvalue weighted by Gasteiger charge is 2.12. The van der Waals surface area contributed by atoms with Gasteiger partial charge in [-0.1, -0.05) is 41.0 Å². The number of nitrogens with zero attached hydrogens (tertiary/aromatic N) is 2. The first kappa shape index (κ1) is 13.2. The van der Waals surface area contributed by atoms with Crippen molar-refractivity contribution in [3.8, 4) is 11.5 Å². The molecule has 2 rings (SSSR count). The second kappa shape index (κ2) is 5.63. The first-order valence-corrected chi connectivity index (χ1v) is 6.68. The largest absolute Gasteiger partial charge is 0.334 e. The first-order valence-electron chi connectivity index (χ1n) is 5.89. The van der Waals surface area contributed by atoms with E-state index in [0.29, 0.717) is 24.3 Å². The van der Waals surface area contributed by atoms with E-state index >= 15 is 0 Å². The second-order valence-corrected chi connectivity index (χ2v) is 5.32. The predicted molar refractivity (Wildman–Crippen MR) is 74.1 cm³/mol. The van der Waals surface area contributed by atoms with Crippen LogP contribution in [0.4, 0.5) is 0 Å². The number of hydrogen-bond acceptors (Lipinski definition) is 4. The SMILES string of the molecule is Cc1c(Br)cccc1-c1nc(CNC(C)C)no1. The normalized spacial score (nSPS) is 11.2. The van der Waals surface area contributed by atoms with Crippen molar-refractivity contribution in [1.29, 1.82) is 0 Å². The van der Waals surface area contributed by atoms with Crippen LogP contribution in [0.1, 0.15) is 25.2 Å². The van der Waals surface area contributed by atoms with Crippen molar-refractivity contribution in [3.05, 3.63) is 34.1 Å². The van der Waals surface area contributed by atoms with Gasteiger partial charge in [-0.05, 0) is 24.6 Å². The van der Waals surface area contributed by atoms with Crippen LogP contribution in [0.15, 0.2) is 27.2 Å². The van der Waals surface area contributed by atoms with Gasteiger partial charge in [-0.25, -0.2) is 0 Å². The van der Waals surface area contributed by atoms with Crippen molar-refractivity contribution in [2.24, 2.45) is 0 Å². The Balaban J connectivity index is 2.21. The standard InChI is InChI=1S/C13H16BrN3O/c1-8(2)15-7-12-16-13(18-17-12)10-5-4-6-11(14)9(10)3/h4-6,8,15H,7H2,1-3H3. The van der Waals surface area contributed by atoms with Gasteiger partial charge in [-0.15, -0.1) is 0 Å². The van der Waals surface area contributed by atoms with E-state index in [4.69, 9.17) is 4.52 Å². The van der Waals surface area contributed by atoms with Gasteiger partial charge in [0.05, 0.1) is 6.54 Å². The number of rotatable bonds is 4. The number of benzene rings is 1. The molecule has 0 aliphatic heterocycles. The van der Waals surface area contributed by atoms with E-state index in [1.54, 1.807) is 0 Å². The molecule has 1 heterocycles. The third-order valence-electron chi connectivity index (χ3n) is 2.63. The number of aromatic nitrogens is 2. The van der Waals surface area contributed by atoms with Gasteiger partial charge in [-0.2, -0.15) is 4.98 Å². The Morgan fingerprint density at radius 1 is 1.39 bits per heavy atom. The minimum atomic E-state index is 0.402. The van der Waals surface area contributed by atoms with E-state index in [0.717, 1.165) is 15.6 Å². The number of halogens is 1. The van der Waals surface area contributed by atoms with Crippen LogP contribution in [0.5, 0.6) is 0 Å². The summed E-state index contributed by atoms with van der Waals surface area (Å²) in [5, 5.41) is 7.23. The van der Waals surface area contributed by atoms with E-state index < -0.39 is 0 Å². The molecule has 18 heavy (non-hydrogen) atoms. The van der Waals surface area contributed by atoms with Crippen molar-refractivity contribution in [1.82, 2.24) is 15.5 Å². The van der Waals surface area contributed by atoms with Gasteiger partial charge in [0.2, 0.25) is 0 Å². The monoisotopic (exact) mass is 309 g/mol. The van der Waals surface area contributed by atoms with Crippen LogP contribution in [0.3, 0.4) is 0 Å². The highest BCUT2D eigenvalue weighted by molar-refractivity contribution is 9.10. The lowest BCUT2D eigenvalue weighted by molar-refractivity contribution is 0.417. The molecule has 1 N–H and O–H groups in total. The molecule has 0 aliphatic rings. The molecule has 0 saturated heterocycles. The van der Waals surface area contributed by atoms with Crippen LogP contribution in [0.2, 0.25) is 0 Å².